The summed E-state index contributed by atoms with van der Waals surface area (Å²) in [6.45, 7) is 3.45. The van der Waals surface area contributed by atoms with Crippen molar-refractivity contribution in [2.24, 2.45) is 0 Å². The molecule has 9 heteroatoms. The average Bonchev–Trinajstić information content (AvgIpc) is 2.77. The number of Topliss-reactive ketones (excluding diaryl/α,β-unsaturated/α-hetero) is 1. The molecule has 1 aliphatic heterocycles. The second-order valence-electron chi connectivity index (χ2n) is 6.86. The number of hydrogen-bond acceptors (Lipinski definition) is 7. The molecule has 2 aromatic rings. The van der Waals surface area contributed by atoms with Gasteiger partial charge in [-0.25, -0.2) is 0 Å². The Kier molecular flexibility index (Phi) is 6.51. The van der Waals surface area contributed by atoms with Crippen LogP contribution in [0.2, 0.25) is 0 Å². The van der Waals surface area contributed by atoms with Crippen LogP contribution in [-0.2, 0) is 4.79 Å². The molecule has 158 valence electrons. The highest BCUT2D eigenvalue weighted by Crippen LogP contribution is 2.28. The number of anilines is 1. The summed E-state index contributed by atoms with van der Waals surface area (Å²) in [6.07, 6.45) is 0. The summed E-state index contributed by atoms with van der Waals surface area (Å²) in [5.41, 5.74) is 1.31. The molecule has 1 heterocycles. The van der Waals surface area contributed by atoms with Gasteiger partial charge in [0.2, 0.25) is 0 Å². The Hall–Kier alpha value is -3.62. The third-order valence-electron chi connectivity index (χ3n) is 4.96. The summed E-state index contributed by atoms with van der Waals surface area (Å²) in [4.78, 5) is 38.3. The molecule has 0 radical (unpaired) electrons. The second-order valence-corrected chi connectivity index (χ2v) is 6.86. The lowest BCUT2D eigenvalue weighted by molar-refractivity contribution is -0.384. The number of benzene rings is 2. The molecule has 30 heavy (non-hydrogen) atoms. The predicted molar refractivity (Wildman–Crippen MR) is 110 cm³/mol. The lowest BCUT2D eigenvalue weighted by Crippen LogP contribution is -2.50. The number of hydrogen-bond donors (Lipinski definition) is 0. The third kappa shape index (κ3) is 4.86. The van der Waals surface area contributed by atoms with Crippen LogP contribution in [0.4, 0.5) is 11.4 Å². The van der Waals surface area contributed by atoms with Crippen molar-refractivity contribution < 1.29 is 24.0 Å². The van der Waals surface area contributed by atoms with Crippen molar-refractivity contribution in [1.29, 1.82) is 0 Å². The summed E-state index contributed by atoms with van der Waals surface area (Å²) in [5.74, 6) is 0.543. The zero-order valence-electron chi connectivity index (χ0n) is 16.9. The fourth-order valence-electron chi connectivity index (χ4n) is 3.25. The van der Waals surface area contributed by atoms with Crippen LogP contribution in [0.25, 0.3) is 0 Å². The molecule has 0 unspecified atom stereocenters. The maximum absolute atomic E-state index is 12.5. The molecule has 0 N–H and O–H groups in total. The van der Waals surface area contributed by atoms with E-state index in [1.165, 1.54) is 26.2 Å². The van der Waals surface area contributed by atoms with Crippen LogP contribution in [0, 0.1) is 10.1 Å². The molecule has 1 saturated heterocycles. The van der Waals surface area contributed by atoms with Crippen molar-refractivity contribution >= 4 is 23.1 Å². The van der Waals surface area contributed by atoms with Gasteiger partial charge in [0, 0.05) is 49.6 Å². The number of carbonyl (C=O) groups excluding carboxylic acids is 2. The van der Waals surface area contributed by atoms with Gasteiger partial charge in [0.25, 0.3) is 11.6 Å². The van der Waals surface area contributed by atoms with E-state index in [4.69, 9.17) is 9.47 Å². The van der Waals surface area contributed by atoms with Gasteiger partial charge >= 0.3 is 0 Å². The summed E-state index contributed by atoms with van der Waals surface area (Å²) < 4.78 is 10.9. The van der Waals surface area contributed by atoms with Gasteiger partial charge in [0.1, 0.15) is 0 Å². The van der Waals surface area contributed by atoms with E-state index < -0.39 is 4.92 Å². The van der Waals surface area contributed by atoms with E-state index in [1.54, 1.807) is 29.2 Å². The minimum Gasteiger partial charge on any atom is -0.493 e. The fraction of sp³-hybridized carbons (Fsp3) is 0.333. The topological polar surface area (TPSA) is 102 Å². The molecule has 1 amide bonds. The Morgan fingerprint density at radius 1 is 1.07 bits per heavy atom. The molecule has 2 aromatic carbocycles. The minimum absolute atomic E-state index is 0.0455. The van der Waals surface area contributed by atoms with Gasteiger partial charge in [-0.1, -0.05) is 6.07 Å². The second kappa shape index (κ2) is 9.25. The zero-order chi connectivity index (χ0) is 21.7. The predicted octanol–water partition coefficient (Wildman–Crippen LogP) is 2.53. The Bertz CT molecular complexity index is 954. The van der Waals surface area contributed by atoms with E-state index in [-0.39, 0.29) is 24.0 Å². The highest BCUT2D eigenvalue weighted by Gasteiger charge is 2.23. The van der Waals surface area contributed by atoms with E-state index in [0.717, 1.165) is 5.69 Å². The van der Waals surface area contributed by atoms with Crippen LogP contribution in [0.3, 0.4) is 0 Å². The van der Waals surface area contributed by atoms with Crippen molar-refractivity contribution in [1.82, 2.24) is 4.90 Å². The lowest BCUT2D eigenvalue weighted by atomic mass is 10.1. The summed E-state index contributed by atoms with van der Waals surface area (Å²) in [7, 11) is 1.47. The standard InChI is InChI=1S/C21H23N3O6/c1-15(25)16-6-7-19(20(12-16)29-2)30-14-21(26)23-10-8-22(9-11-23)17-4-3-5-18(13-17)24(27)28/h3-7,12-13H,8-11,14H2,1-2H3. The minimum atomic E-state index is -0.419. The first-order chi connectivity index (χ1) is 14.4. The first-order valence-electron chi connectivity index (χ1n) is 9.48. The van der Waals surface area contributed by atoms with Crippen molar-refractivity contribution in [3.05, 3.63) is 58.1 Å². The Balaban J connectivity index is 1.55. The van der Waals surface area contributed by atoms with Gasteiger partial charge in [-0.2, -0.15) is 0 Å². The van der Waals surface area contributed by atoms with Crippen LogP contribution < -0.4 is 14.4 Å². The Labute approximate surface area is 173 Å². The smallest absolute Gasteiger partial charge is 0.271 e. The first-order valence-corrected chi connectivity index (χ1v) is 9.48. The number of rotatable bonds is 7. The Morgan fingerprint density at radius 3 is 2.43 bits per heavy atom. The number of nitro benzene ring substituents is 1. The number of nitrogens with zero attached hydrogens (tertiary/aromatic N) is 3. The lowest BCUT2D eigenvalue weighted by Gasteiger charge is -2.36. The largest absolute Gasteiger partial charge is 0.493 e. The molecule has 0 aliphatic carbocycles. The molecule has 3 rings (SSSR count). The van der Waals surface area contributed by atoms with Crippen molar-refractivity contribution in [2.45, 2.75) is 6.92 Å². The van der Waals surface area contributed by atoms with Crippen LogP contribution in [0.15, 0.2) is 42.5 Å². The zero-order valence-corrected chi connectivity index (χ0v) is 16.9. The molecule has 0 aromatic heterocycles. The van der Waals surface area contributed by atoms with E-state index in [2.05, 4.69) is 0 Å². The van der Waals surface area contributed by atoms with Gasteiger partial charge in [0.05, 0.1) is 12.0 Å². The van der Waals surface area contributed by atoms with Gasteiger partial charge in [0.15, 0.2) is 23.9 Å². The molecule has 9 nitrogen and oxygen atoms in total. The number of methoxy groups -OCH3 is 1. The van der Waals surface area contributed by atoms with Crippen LogP contribution >= 0.6 is 0 Å². The van der Waals surface area contributed by atoms with Crippen molar-refractivity contribution in [3.63, 3.8) is 0 Å². The van der Waals surface area contributed by atoms with Crippen molar-refractivity contribution in [2.75, 3.05) is 44.8 Å². The molecule has 0 atom stereocenters. The van der Waals surface area contributed by atoms with Crippen LogP contribution in [0.5, 0.6) is 11.5 Å². The van der Waals surface area contributed by atoms with E-state index in [9.17, 15) is 19.7 Å². The third-order valence-corrected chi connectivity index (χ3v) is 4.96. The molecule has 0 bridgehead atoms. The van der Waals surface area contributed by atoms with E-state index >= 15 is 0 Å². The van der Waals surface area contributed by atoms with Gasteiger partial charge < -0.3 is 19.3 Å². The number of ether oxygens (including phenoxy) is 2. The number of piperazine rings is 1. The first kappa shape index (κ1) is 21.1. The van der Waals surface area contributed by atoms with Gasteiger partial charge in [-0.3, -0.25) is 19.7 Å². The molecular weight excluding hydrogens is 390 g/mol. The number of non-ortho nitro benzene ring substituents is 1. The molecular formula is C21H23N3O6. The van der Waals surface area contributed by atoms with E-state index in [1.807, 2.05) is 11.0 Å². The van der Waals surface area contributed by atoms with E-state index in [0.29, 0.717) is 43.2 Å². The number of nitro groups is 1. The summed E-state index contributed by atoms with van der Waals surface area (Å²) in [6, 6.07) is 11.3. The molecule has 1 fully saturated rings. The number of carbonyl (C=O) groups is 2. The SMILES string of the molecule is COc1cc(C(C)=O)ccc1OCC(=O)N1CCN(c2cccc([N+](=O)[O-])c2)CC1. The molecule has 0 spiro atoms. The maximum atomic E-state index is 12.5. The van der Waals surface area contributed by atoms with Crippen LogP contribution in [-0.4, -0.2) is 61.4 Å². The summed E-state index contributed by atoms with van der Waals surface area (Å²) in [5, 5.41) is 11.0. The normalized spacial score (nSPS) is 13.7. The highest BCUT2D eigenvalue weighted by molar-refractivity contribution is 5.94. The van der Waals surface area contributed by atoms with Gasteiger partial charge in [-0.05, 0) is 31.2 Å². The molecule has 1 aliphatic rings. The Morgan fingerprint density at radius 2 is 1.80 bits per heavy atom. The summed E-state index contributed by atoms with van der Waals surface area (Å²) >= 11 is 0. The monoisotopic (exact) mass is 413 g/mol. The average molecular weight is 413 g/mol. The highest BCUT2D eigenvalue weighted by atomic mass is 16.6. The fourth-order valence-corrected chi connectivity index (χ4v) is 3.25. The van der Waals surface area contributed by atoms with Crippen molar-refractivity contribution in [3.8, 4) is 11.5 Å². The maximum Gasteiger partial charge on any atom is 0.271 e. The van der Waals surface area contributed by atoms with Gasteiger partial charge in [-0.15, -0.1) is 0 Å². The quantitative estimate of drug-likeness (QED) is 0.390. The van der Waals surface area contributed by atoms with Crippen LogP contribution in [0.1, 0.15) is 17.3 Å². The molecule has 0 saturated carbocycles. The number of amides is 1. The number of ketones is 1.